The molecule has 0 fully saturated rings. The van der Waals surface area contributed by atoms with Gasteiger partial charge in [-0.15, -0.1) is 0 Å². The molecule has 1 heterocycles. The standard InChI is InChI=1S/C13H18F3N3O/c1-4-17-8(2)7-18-12(20)10-5-6-11(13(14,15)16)19-9(10)3/h5-6,8,17H,4,7H2,1-3H3,(H,18,20)/t8-/m1/s1. The molecule has 0 aliphatic rings. The van der Waals surface area contributed by atoms with Gasteiger partial charge >= 0.3 is 6.18 Å². The summed E-state index contributed by atoms with van der Waals surface area (Å²) in [6.45, 7) is 6.41. The van der Waals surface area contributed by atoms with Crippen LogP contribution < -0.4 is 10.6 Å². The van der Waals surface area contributed by atoms with E-state index in [0.717, 1.165) is 18.7 Å². The first-order valence-electron chi connectivity index (χ1n) is 6.32. The highest BCUT2D eigenvalue weighted by Crippen LogP contribution is 2.28. The van der Waals surface area contributed by atoms with Crippen molar-refractivity contribution in [1.29, 1.82) is 0 Å². The molecule has 0 bridgehead atoms. The Bertz CT molecular complexity index is 474. The van der Waals surface area contributed by atoms with E-state index >= 15 is 0 Å². The Balaban J connectivity index is 2.75. The van der Waals surface area contributed by atoms with Crippen LogP contribution >= 0.6 is 0 Å². The minimum Gasteiger partial charge on any atom is -0.350 e. The molecule has 2 N–H and O–H groups in total. The summed E-state index contributed by atoms with van der Waals surface area (Å²) < 4.78 is 37.4. The van der Waals surface area contributed by atoms with Crippen molar-refractivity contribution in [3.8, 4) is 0 Å². The highest BCUT2D eigenvalue weighted by Gasteiger charge is 2.33. The van der Waals surface area contributed by atoms with Crippen LogP contribution in [-0.4, -0.2) is 30.0 Å². The summed E-state index contributed by atoms with van der Waals surface area (Å²) >= 11 is 0. The van der Waals surface area contributed by atoms with Crippen molar-refractivity contribution in [3.63, 3.8) is 0 Å². The van der Waals surface area contributed by atoms with Gasteiger partial charge in [-0.05, 0) is 32.5 Å². The summed E-state index contributed by atoms with van der Waals surface area (Å²) in [7, 11) is 0. The third-order valence-corrected chi connectivity index (χ3v) is 2.74. The molecule has 0 saturated carbocycles. The number of pyridine rings is 1. The van der Waals surface area contributed by atoms with Crippen LogP contribution in [0.4, 0.5) is 13.2 Å². The Hall–Kier alpha value is -1.63. The second kappa shape index (κ2) is 6.69. The van der Waals surface area contributed by atoms with Crippen molar-refractivity contribution in [2.45, 2.75) is 33.0 Å². The fourth-order valence-corrected chi connectivity index (χ4v) is 1.72. The molecule has 0 radical (unpaired) electrons. The third-order valence-electron chi connectivity index (χ3n) is 2.74. The minimum absolute atomic E-state index is 0.0634. The average molecular weight is 289 g/mol. The van der Waals surface area contributed by atoms with Gasteiger partial charge in [0.25, 0.3) is 5.91 Å². The monoisotopic (exact) mass is 289 g/mol. The van der Waals surface area contributed by atoms with Crippen LogP contribution in [0.5, 0.6) is 0 Å². The van der Waals surface area contributed by atoms with Crippen molar-refractivity contribution in [2.24, 2.45) is 0 Å². The van der Waals surface area contributed by atoms with Gasteiger partial charge in [0.05, 0.1) is 11.3 Å². The lowest BCUT2D eigenvalue weighted by Gasteiger charge is -2.14. The van der Waals surface area contributed by atoms with Crippen molar-refractivity contribution in [3.05, 3.63) is 29.1 Å². The number of halogens is 3. The Kier molecular flexibility index (Phi) is 5.50. The number of amides is 1. The van der Waals surface area contributed by atoms with E-state index in [1.807, 2.05) is 13.8 Å². The summed E-state index contributed by atoms with van der Waals surface area (Å²) in [5.74, 6) is -0.423. The molecule has 0 aliphatic heterocycles. The SMILES string of the molecule is CCN[C@H](C)CNC(=O)c1ccc(C(F)(F)F)nc1C. The lowest BCUT2D eigenvalue weighted by Crippen LogP contribution is -2.39. The van der Waals surface area contributed by atoms with Gasteiger partial charge in [0.2, 0.25) is 0 Å². The minimum atomic E-state index is -4.50. The van der Waals surface area contributed by atoms with E-state index < -0.39 is 17.8 Å². The zero-order chi connectivity index (χ0) is 15.3. The van der Waals surface area contributed by atoms with Crippen LogP contribution in [-0.2, 0) is 6.18 Å². The van der Waals surface area contributed by atoms with Crippen LogP contribution in [0.1, 0.15) is 35.6 Å². The van der Waals surface area contributed by atoms with Crippen LogP contribution in [0.3, 0.4) is 0 Å². The maximum atomic E-state index is 12.5. The van der Waals surface area contributed by atoms with Gasteiger partial charge < -0.3 is 10.6 Å². The zero-order valence-electron chi connectivity index (χ0n) is 11.6. The Morgan fingerprint density at radius 2 is 2.05 bits per heavy atom. The number of carbonyl (C=O) groups excluding carboxylic acids is 1. The summed E-state index contributed by atoms with van der Waals surface area (Å²) in [6.07, 6.45) is -4.50. The Morgan fingerprint density at radius 1 is 1.40 bits per heavy atom. The zero-order valence-corrected chi connectivity index (χ0v) is 11.6. The number of nitrogens with one attached hydrogen (secondary N) is 2. The molecule has 7 heteroatoms. The van der Waals surface area contributed by atoms with E-state index in [2.05, 4.69) is 15.6 Å². The van der Waals surface area contributed by atoms with Gasteiger partial charge in [-0.25, -0.2) is 4.98 Å². The second-order valence-corrected chi connectivity index (χ2v) is 4.50. The number of nitrogens with zero attached hydrogens (tertiary/aromatic N) is 1. The number of aryl methyl sites for hydroxylation is 1. The normalized spacial score (nSPS) is 13.1. The van der Waals surface area contributed by atoms with Gasteiger partial charge in [-0.1, -0.05) is 6.92 Å². The average Bonchev–Trinajstić information content (AvgIpc) is 2.35. The number of aromatic nitrogens is 1. The molecule has 1 rings (SSSR count). The molecule has 0 saturated heterocycles. The summed E-state index contributed by atoms with van der Waals surface area (Å²) in [4.78, 5) is 15.3. The van der Waals surface area contributed by atoms with Crippen molar-refractivity contribution >= 4 is 5.91 Å². The molecule has 4 nitrogen and oxygen atoms in total. The molecule has 0 aliphatic carbocycles. The van der Waals surface area contributed by atoms with E-state index in [1.165, 1.54) is 6.92 Å². The summed E-state index contributed by atoms with van der Waals surface area (Å²) in [5.41, 5.74) is -0.775. The fraction of sp³-hybridized carbons (Fsp3) is 0.538. The second-order valence-electron chi connectivity index (χ2n) is 4.50. The predicted molar refractivity (Wildman–Crippen MR) is 69.4 cm³/mol. The Morgan fingerprint density at radius 3 is 2.55 bits per heavy atom. The first-order valence-corrected chi connectivity index (χ1v) is 6.32. The number of carbonyl (C=O) groups is 1. The molecule has 0 unspecified atom stereocenters. The molecule has 112 valence electrons. The molecule has 20 heavy (non-hydrogen) atoms. The van der Waals surface area contributed by atoms with Crippen LogP contribution in [0.15, 0.2) is 12.1 Å². The van der Waals surface area contributed by atoms with Crippen molar-refractivity contribution < 1.29 is 18.0 Å². The molecular formula is C13H18F3N3O. The van der Waals surface area contributed by atoms with Gasteiger partial charge in [0.15, 0.2) is 0 Å². The number of alkyl halides is 3. The molecule has 1 atom stereocenters. The third kappa shape index (κ3) is 4.48. The van der Waals surface area contributed by atoms with E-state index in [4.69, 9.17) is 0 Å². The van der Waals surface area contributed by atoms with E-state index in [0.29, 0.717) is 6.54 Å². The van der Waals surface area contributed by atoms with Gasteiger partial charge in [-0.2, -0.15) is 13.2 Å². The number of likely N-dealkylation sites (N-methyl/N-ethyl adjacent to an activating group) is 1. The maximum absolute atomic E-state index is 12.5. The van der Waals surface area contributed by atoms with Crippen molar-refractivity contribution in [1.82, 2.24) is 15.6 Å². The molecule has 0 spiro atoms. The quantitative estimate of drug-likeness (QED) is 0.873. The highest BCUT2D eigenvalue weighted by atomic mass is 19.4. The number of hydrogen-bond acceptors (Lipinski definition) is 3. The molecule has 1 amide bonds. The van der Waals surface area contributed by atoms with Crippen molar-refractivity contribution in [2.75, 3.05) is 13.1 Å². The summed E-state index contributed by atoms with van der Waals surface area (Å²) in [6, 6.07) is 2.06. The van der Waals surface area contributed by atoms with E-state index in [9.17, 15) is 18.0 Å². The van der Waals surface area contributed by atoms with Crippen LogP contribution in [0.2, 0.25) is 0 Å². The molecule has 1 aromatic heterocycles. The highest BCUT2D eigenvalue weighted by molar-refractivity contribution is 5.95. The van der Waals surface area contributed by atoms with Crippen LogP contribution in [0, 0.1) is 6.92 Å². The smallest absolute Gasteiger partial charge is 0.350 e. The van der Waals surface area contributed by atoms with Crippen LogP contribution in [0.25, 0.3) is 0 Å². The predicted octanol–water partition coefficient (Wildman–Crippen LogP) is 2.14. The van der Waals surface area contributed by atoms with Gasteiger partial charge in [0.1, 0.15) is 5.69 Å². The first kappa shape index (κ1) is 16.4. The van der Waals surface area contributed by atoms with Gasteiger partial charge in [-0.3, -0.25) is 4.79 Å². The molecule has 1 aromatic rings. The first-order chi connectivity index (χ1) is 9.25. The van der Waals surface area contributed by atoms with Gasteiger partial charge in [0, 0.05) is 12.6 Å². The lowest BCUT2D eigenvalue weighted by atomic mass is 10.1. The molecular weight excluding hydrogens is 271 g/mol. The fourth-order valence-electron chi connectivity index (χ4n) is 1.72. The topological polar surface area (TPSA) is 54.0 Å². The van der Waals surface area contributed by atoms with E-state index in [1.54, 1.807) is 0 Å². The lowest BCUT2D eigenvalue weighted by molar-refractivity contribution is -0.141. The molecule has 0 aromatic carbocycles. The number of hydrogen-bond donors (Lipinski definition) is 2. The van der Waals surface area contributed by atoms with E-state index in [-0.39, 0.29) is 17.3 Å². The largest absolute Gasteiger partial charge is 0.433 e. The Labute approximate surface area is 115 Å². The number of rotatable bonds is 5. The maximum Gasteiger partial charge on any atom is 0.433 e. The summed E-state index contributed by atoms with van der Waals surface area (Å²) in [5, 5.41) is 5.78.